The van der Waals surface area contributed by atoms with Gasteiger partial charge in [0.15, 0.2) is 5.96 Å². The quantitative estimate of drug-likeness (QED) is 0.602. The number of nitrogens with two attached hydrogens (primary N) is 1. The molecular formula is C21H27N3O. The van der Waals surface area contributed by atoms with Gasteiger partial charge < -0.3 is 15.8 Å². The van der Waals surface area contributed by atoms with Crippen LogP contribution in [0.5, 0.6) is 5.75 Å². The van der Waals surface area contributed by atoms with Gasteiger partial charge in [0.2, 0.25) is 0 Å². The van der Waals surface area contributed by atoms with Crippen molar-refractivity contribution in [3.8, 4) is 5.75 Å². The fraction of sp³-hybridized carbons (Fsp3) is 0.381. The zero-order valence-corrected chi connectivity index (χ0v) is 15.1. The van der Waals surface area contributed by atoms with Crippen molar-refractivity contribution in [2.45, 2.75) is 31.6 Å². The van der Waals surface area contributed by atoms with Crippen LogP contribution in [0.1, 0.15) is 29.5 Å². The lowest BCUT2D eigenvalue weighted by Gasteiger charge is -2.16. The number of rotatable bonds is 7. The fourth-order valence-corrected chi connectivity index (χ4v) is 3.25. The molecule has 2 aromatic rings. The van der Waals surface area contributed by atoms with Crippen LogP contribution in [-0.2, 0) is 11.8 Å². The minimum atomic E-state index is 0.202. The molecule has 3 rings (SSSR count). The van der Waals surface area contributed by atoms with E-state index in [2.05, 4.69) is 53.6 Å². The average molecular weight is 337 g/mol. The summed E-state index contributed by atoms with van der Waals surface area (Å²) in [6.45, 7) is 3.72. The molecule has 1 fully saturated rings. The van der Waals surface area contributed by atoms with Crippen LogP contribution in [0.3, 0.4) is 0 Å². The Kier molecular flexibility index (Phi) is 5.27. The summed E-state index contributed by atoms with van der Waals surface area (Å²) >= 11 is 0. The number of hydrogen-bond donors (Lipinski definition) is 2. The number of hydrogen-bond acceptors (Lipinski definition) is 2. The minimum Gasteiger partial charge on any atom is -0.497 e. The highest BCUT2D eigenvalue weighted by Gasteiger charge is 2.44. The van der Waals surface area contributed by atoms with Gasteiger partial charge in [-0.3, -0.25) is 4.99 Å². The number of aryl methyl sites for hydroxylation is 1. The van der Waals surface area contributed by atoms with Gasteiger partial charge in [0.05, 0.1) is 13.7 Å². The molecule has 0 heterocycles. The van der Waals surface area contributed by atoms with Gasteiger partial charge in [0, 0.05) is 12.0 Å². The largest absolute Gasteiger partial charge is 0.497 e. The van der Waals surface area contributed by atoms with Gasteiger partial charge in [-0.15, -0.1) is 0 Å². The molecule has 1 saturated carbocycles. The van der Waals surface area contributed by atoms with Gasteiger partial charge in [-0.05, 0) is 55.0 Å². The normalized spacial score (nSPS) is 15.7. The van der Waals surface area contributed by atoms with Crippen LogP contribution < -0.4 is 15.8 Å². The molecule has 2 aromatic carbocycles. The van der Waals surface area contributed by atoms with Crippen molar-refractivity contribution in [2.75, 3.05) is 20.2 Å². The summed E-state index contributed by atoms with van der Waals surface area (Å²) in [5, 5.41) is 3.22. The molecule has 0 unspecified atom stereocenters. The second-order valence-corrected chi connectivity index (χ2v) is 6.82. The standard InChI is InChI=1S/C21H27N3O/c1-16-5-3-4-6-19(16)21(12-13-21)15-24-20(22)23-14-11-17-7-9-18(25-2)10-8-17/h3-10H,11-15H2,1-2H3,(H3,22,23,24). The molecule has 0 aromatic heterocycles. The Bertz CT molecular complexity index is 733. The first-order valence-electron chi connectivity index (χ1n) is 8.86. The van der Waals surface area contributed by atoms with Crippen molar-refractivity contribution in [3.05, 3.63) is 65.2 Å². The number of ether oxygens (including phenoxy) is 1. The van der Waals surface area contributed by atoms with E-state index >= 15 is 0 Å². The van der Waals surface area contributed by atoms with Gasteiger partial charge in [-0.2, -0.15) is 0 Å². The van der Waals surface area contributed by atoms with E-state index < -0.39 is 0 Å². The SMILES string of the molecule is COc1ccc(CCNC(N)=NCC2(c3ccccc3C)CC2)cc1. The summed E-state index contributed by atoms with van der Waals surface area (Å²) < 4.78 is 5.17. The van der Waals surface area contributed by atoms with E-state index in [-0.39, 0.29) is 5.41 Å². The summed E-state index contributed by atoms with van der Waals surface area (Å²) in [4.78, 5) is 4.60. The predicted molar refractivity (Wildman–Crippen MR) is 103 cm³/mol. The minimum absolute atomic E-state index is 0.202. The molecule has 0 amide bonds. The van der Waals surface area contributed by atoms with Crippen LogP contribution >= 0.6 is 0 Å². The van der Waals surface area contributed by atoms with Crippen LogP contribution in [0.15, 0.2) is 53.5 Å². The highest BCUT2D eigenvalue weighted by Crippen LogP contribution is 2.49. The molecule has 1 aliphatic carbocycles. The molecule has 3 N–H and O–H groups in total. The monoisotopic (exact) mass is 337 g/mol. The zero-order chi connectivity index (χ0) is 17.7. The van der Waals surface area contributed by atoms with Crippen molar-refractivity contribution in [1.82, 2.24) is 5.32 Å². The number of benzene rings is 2. The van der Waals surface area contributed by atoms with E-state index in [1.165, 1.54) is 29.5 Å². The number of methoxy groups -OCH3 is 1. The molecule has 1 aliphatic rings. The van der Waals surface area contributed by atoms with E-state index in [0.717, 1.165) is 25.3 Å². The van der Waals surface area contributed by atoms with E-state index in [9.17, 15) is 0 Å². The van der Waals surface area contributed by atoms with Crippen molar-refractivity contribution >= 4 is 5.96 Å². The summed E-state index contributed by atoms with van der Waals surface area (Å²) in [7, 11) is 1.68. The van der Waals surface area contributed by atoms with Gasteiger partial charge in [0.25, 0.3) is 0 Å². The second-order valence-electron chi connectivity index (χ2n) is 6.82. The lowest BCUT2D eigenvalue weighted by molar-refractivity contribution is 0.414. The smallest absolute Gasteiger partial charge is 0.188 e. The summed E-state index contributed by atoms with van der Waals surface area (Å²) in [5.74, 6) is 1.41. The van der Waals surface area contributed by atoms with Gasteiger partial charge in [0.1, 0.15) is 5.75 Å². The maximum atomic E-state index is 6.05. The van der Waals surface area contributed by atoms with Crippen LogP contribution in [0.25, 0.3) is 0 Å². The lowest BCUT2D eigenvalue weighted by Crippen LogP contribution is -2.34. The van der Waals surface area contributed by atoms with Gasteiger partial charge in [-0.1, -0.05) is 36.4 Å². The fourth-order valence-electron chi connectivity index (χ4n) is 3.25. The summed E-state index contributed by atoms with van der Waals surface area (Å²) in [6, 6.07) is 16.7. The Morgan fingerprint density at radius 3 is 2.52 bits per heavy atom. The molecule has 0 aliphatic heterocycles. The van der Waals surface area contributed by atoms with Crippen molar-refractivity contribution in [2.24, 2.45) is 10.7 Å². The van der Waals surface area contributed by atoms with Crippen LogP contribution in [0, 0.1) is 6.92 Å². The third-order valence-electron chi connectivity index (χ3n) is 5.00. The zero-order valence-electron chi connectivity index (χ0n) is 15.1. The Morgan fingerprint density at radius 1 is 1.16 bits per heavy atom. The third kappa shape index (κ3) is 4.32. The van der Waals surface area contributed by atoms with Crippen molar-refractivity contribution in [1.29, 1.82) is 0 Å². The molecule has 25 heavy (non-hydrogen) atoms. The van der Waals surface area contributed by atoms with Gasteiger partial charge >= 0.3 is 0 Å². The Hall–Kier alpha value is -2.49. The van der Waals surface area contributed by atoms with Crippen LogP contribution in [-0.4, -0.2) is 26.2 Å². The molecule has 4 nitrogen and oxygen atoms in total. The molecule has 4 heteroatoms. The van der Waals surface area contributed by atoms with Crippen LogP contribution in [0.2, 0.25) is 0 Å². The topological polar surface area (TPSA) is 59.6 Å². The Morgan fingerprint density at radius 2 is 1.88 bits per heavy atom. The molecular weight excluding hydrogens is 310 g/mol. The van der Waals surface area contributed by atoms with E-state index in [1.54, 1.807) is 7.11 Å². The van der Waals surface area contributed by atoms with Crippen LogP contribution in [0.4, 0.5) is 0 Å². The number of nitrogens with zero attached hydrogens (tertiary/aromatic N) is 1. The summed E-state index contributed by atoms with van der Waals surface area (Å²) in [6.07, 6.45) is 3.30. The van der Waals surface area contributed by atoms with Gasteiger partial charge in [-0.25, -0.2) is 0 Å². The first-order chi connectivity index (χ1) is 12.1. The molecule has 0 atom stereocenters. The number of nitrogens with one attached hydrogen (secondary N) is 1. The van der Waals surface area contributed by atoms with E-state index in [1.807, 2.05) is 12.1 Å². The number of guanidine groups is 1. The summed E-state index contributed by atoms with van der Waals surface area (Å²) in [5.41, 5.74) is 10.3. The van der Waals surface area contributed by atoms with E-state index in [4.69, 9.17) is 10.5 Å². The highest BCUT2D eigenvalue weighted by molar-refractivity contribution is 5.77. The highest BCUT2D eigenvalue weighted by atomic mass is 16.5. The maximum absolute atomic E-state index is 6.05. The molecule has 0 bridgehead atoms. The predicted octanol–water partition coefficient (Wildman–Crippen LogP) is 3.18. The second kappa shape index (κ2) is 7.60. The third-order valence-corrected chi connectivity index (χ3v) is 5.00. The first kappa shape index (κ1) is 17.3. The molecule has 132 valence electrons. The average Bonchev–Trinajstić information content (AvgIpc) is 3.42. The van der Waals surface area contributed by atoms with Crippen molar-refractivity contribution < 1.29 is 4.74 Å². The first-order valence-corrected chi connectivity index (χ1v) is 8.86. The number of aliphatic imine (C=N–C) groups is 1. The Labute approximate surface area is 150 Å². The van der Waals surface area contributed by atoms with Crippen molar-refractivity contribution in [3.63, 3.8) is 0 Å². The molecule has 0 spiro atoms. The van der Waals surface area contributed by atoms with E-state index in [0.29, 0.717) is 5.96 Å². The lowest BCUT2D eigenvalue weighted by atomic mass is 9.92. The molecule has 0 saturated heterocycles. The Balaban J connectivity index is 1.50. The molecule has 0 radical (unpaired) electrons. The maximum Gasteiger partial charge on any atom is 0.188 e.